The van der Waals surface area contributed by atoms with E-state index in [0.29, 0.717) is 33.9 Å². The SMILES string of the molecule is CC1(C)/C(=C/C2C(=O)C(/C=C3/N(CCCS(=O)(=O)O)c4ccc(C(=O)O)cc4C3(C)C)=C2O)N(CCCS(=O)(=O)O)c2ccc(C(=O)O)cc21. The van der Waals surface area contributed by atoms with Gasteiger partial charge in [-0.1, -0.05) is 27.7 Å². The second-order valence-electron chi connectivity index (χ2n) is 13.6. The highest BCUT2D eigenvalue weighted by molar-refractivity contribution is 7.86. The third kappa shape index (κ3) is 6.80. The number of anilines is 2. The predicted molar refractivity (Wildman–Crippen MR) is 184 cm³/mol. The summed E-state index contributed by atoms with van der Waals surface area (Å²) in [4.78, 5) is 40.8. The van der Waals surface area contributed by atoms with E-state index in [0.717, 1.165) is 0 Å². The van der Waals surface area contributed by atoms with Gasteiger partial charge >= 0.3 is 11.9 Å². The van der Waals surface area contributed by atoms with Crippen LogP contribution in [0.4, 0.5) is 11.4 Å². The van der Waals surface area contributed by atoms with Gasteiger partial charge in [-0.15, -0.1) is 0 Å². The number of carboxylic acids is 2. The molecule has 3 aliphatic rings. The number of ketones is 1. The summed E-state index contributed by atoms with van der Waals surface area (Å²) in [6, 6.07) is 9.01. The molecule has 14 nitrogen and oxygen atoms in total. The first kappa shape index (κ1) is 36.8. The summed E-state index contributed by atoms with van der Waals surface area (Å²) in [6.07, 6.45) is 3.08. The second-order valence-corrected chi connectivity index (χ2v) is 16.8. The molecule has 2 aromatic rings. The third-order valence-corrected chi connectivity index (χ3v) is 11.2. The minimum absolute atomic E-state index is 0.00667. The number of Topliss-reactive ketones (excluding diaryl/α,β-unsaturated/α-hetero) is 1. The summed E-state index contributed by atoms with van der Waals surface area (Å²) in [6.45, 7) is 7.42. The number of carbonyl (C=O) groups excluding carboxylic acids is 1. The van der Waals surface area contributed by atoms with E-state index in [1.807, 2.05) is 13.8 Å². The highest BCUT2D eigenvalue weighted by Crippen LogP contribution is 2.51. The van der Waals surface area contributed by atoms with Crippen molar-refractivity contribution < 1.29 is 55.6 Å². The molecule has 0 saturated carbocycles. The van der Waals surface area contributed by atoms with Gasteiger partial charge in [-0.3, -0.25) is 13.9 Å². The molecule has 2 aromatic carbocycles. The average Bonchev–Trinajstić information content (AvgIpc) is 3.34. The number of aliphatic hydroxyl groups excluding tert-OH is 1. The molecule has 0 saturated heterocycles. The van der Waals surface area contributed by atoms with Crippen LogP contribution in [-0.4, -0.2) is 83.6 Å². The molecule has 268 valence electrons. The Hall–Kier alpha value is -4.51. The van der Waals surface area contributed by atoms with E-state index in [2.05, 4.69) is 0 Å². The number of aliphatic hydroxyl groups is 1. The van der Waals surface area contributed by atoms with Gasteiger partial charge in [-0.05, 0) is 72.5 Å². The Balaban J connectivity index is 1.55. The molecule has 5 N–H and O–H groups in total. The van der Waals surface area contributed by atoms with Gasteiger partial charge in [0.15, 0.2) is 5.78 Å². The molecule has 50 heavy (non-hydrogen) atoms. The molecule has 1 unspecified atom stereocenters. The molecule has 16 heteroatoms. The molecule has 5 rings (SSSR count). The topological polar surface area (TPSA) is 227 Å². The quantitative estimate of drug-likeness (QED) is 0.192. The van der Waals surface area contributed by atoms with E-state index in [-0.39, 0.29) is 48.4 Å². The zero-order valence-electron chi connectivity index (χ0n) is 27.7. The van der Waals surface area contributed by atoms with E-state index in [1.165, 1.54) is 30.3 Å². The zero-order chi connectivity index (χ0) is 37.1. The molecule has 1 atom stereocenters. The number of hydrogen-bond donors (Lipinski definition) is 5. The lowest BCUT2D eigenvalue weighted by Gasteiger charge is -2.32. The van der Waals surface area contributed by atoms with E-state index >= 15 is 0 Å². The van der Waals surface area contributed by atoms with E-state index in [9.17, 15) is 55.6 Å². The Kier molecular flexibility index (Phi) is 9.32. The Morgan fingerprint density at radius 2 is 1.18 bits per heavy atom. The first-order valence-electron chi connectivity index (χ1n) is 15.7. The van der Waals surface area contributed by atoms with Gasteiger partial charge in [0.2, 0.25) is 0 Å². The van der Waals surface area contributed by atoms with Crippen molar-refractivity contribution in [1.82, 2.24) is 0 Å². The molecule has 0 amide bonds. The summed E-state index contributed by atoms with van der Waals surface area (Å²) >= 11 is 0. The van der Waals surface area contributed by atoms with Crippen LogP contribution >= 0.6 is 0 Å². The Bertz CT molecular complexity index is 2130. The van der Waals surface area contributed by atoms with Crippen LogP contribution in [0.5, 0.6) is 0 Å². The Morgan fingerprint density at radius 1 is 0.760 bits per heavy atom. The van der Waals surface area contributed by atoms with Crippen molar-refractivity contribution in [1.29, 1.82) is 0 Å². The minimum atomic E-state index is -4.27. The number of benzene rings is 2. The fourth-order valence-electron chi connectivity index (χ4n) is 6.97. The van der Waals surface area contributed by atoms with Gasteiger partial charge in [0, 0.05) is 46.7 Å². The molecule has 2 aliphatic heterocycles. The number of carbonyl (C=O) groups is 3. The van der Waals surface area contributed by atoms with Crippen molar-refractivity contribution in [2.75, 3.05) is 34.4 Å². The van der Waals surface area contributed by atoms with E-state index in [4.69, 9.17) is 0 Å². The predicted octanol–water partition coefficient (Wildman–Crippen LogP) is 4.31. The van der Waals surface area contributed by atoms with E-state index in [1.54, 1.807) is 41.9 Å². The van der Waals surface area contributed by atoms with Crippen molar-refractivity contribution in [3.63, 3.8) is 0 Å². The van der Waals surface area contributed by atoms with Gasteiger partial charge in [-0.2, -0.15) is 16.8 Å². The van der Waals surface area contributed by atoms with E-state index < -0.39 is 66.2 Å². The maximum atomic E-state index is 13.8. The Morgan fingerprint density at radius 3 is 1.58 bits per heavy atom. The van der Waals surface area contributed by atoms with Gasteiger partial charge in [0.25, 0.3) is 20.2 Å². The molecule has 0 spiro atoms. The van der Waals surface area contributed by atoms with Crippen molar-refractivity contribution in [3.05, 3.63) is 93.5 Å². The first-order chi connectivity index (χ1) is 23.0. The van der Waals surface area contributed by atoms with Gasteiger partial charge < -0.3 is 25.1 Å². The molecule has 0 fully saturated rings. The first-order valence-corrected chi connectivity index (χ1v) is 18.9. The molecule has 1 aliphatic carbocycles. The highest BCUT2D eigenvalue weighted by Gasteiger charge is 2.46. The summed E-state index contributed by atoms with van der Waals surface area (Å²) < 4.78 is 64.5. The van der Waals surface area contributed by atoms with Crippen LogP contribution in [0, 0.1) is 5.92 Å². The monoisotopic (exact) mass is 730 g/mol. The molecule has 2 heterocycles. The highest BCUT2D eigenvalue weighted by atomic mass is 32.2. The van der Waals surface area contributed by atoms with Crippen LogP contribution in [0.2, 0.25) is 0 Å². The number of carboxylic acid groups (broad SMARTS) is 2. The molecule has 0 radical (unpaired) electrons. The van der Waals surface area contributed by atoms with Crippen LogP contribution in [0.3, 0.4) is 0 Å². The Labute approximate surface area is 289 Å². The van der Waals surface area contributed by atoms with Crippen molar-refractivity contribution in [2.24, 2.45) is 5.92 Å². The lowest BCUT2D eigenvalue weighted by Crippen LogP contribution is -2.35. The summed E-state index contributed by atoms with van der Waals surface area (Å²) in [5.41, 5.74) is 1.67. The number of allylic oxidation sites excluding steroid dienone is 5. The van der Waals surface area contributed by atoms with Crippen LogP contribution in [0.25, 0.3) is 0 Å². The summed E-state index contributed by atoms with van der Waals surface area (Å²) in [5, 5.41) is 30.6. The maximum absolute atomic E-state index is 13.8. The number of nitrogens with zero attached hydrogens (tertiary/aromatic N) is 2. The normalized spacial score (nSPS) is 21.1. The number of hydrogen-bond acceptors (Lipinski definition) is 10. The van der Waals surface area contributed by atoms with Gasteiger partial charge in [-0.25, -0.2) is 9.59 Å². The fourth-order valence-corrected chi connectivity index (χ4v) is 7.96. The molecule has 0 bridgehead atoms. The average molecular weight is 731 g/mol. The number of fused-ring (bicyclic) bond motifs is 2. The van der Waals surface area contributed by atoms with Crippen LogP contribution in [0.1, 0.15) is 72.4 Å². The smallest absolute Gasteiger partial charge is 0.335 e. The summed E-state index contributed by atoms with van der Waals surface area (Å²) in [7, 11) is -8.54. The van der Waals surface area contributed by atoms with Crippen LogP contribution in [0.15, 0.2) is 71.3 Å². The summed E-state index contributed by atoms with van der Waals surface area (Å²) in [5.74, 6) is -5.17. The number of aromatic carboxylic acids is 2. The number of rotatable bonds is 12. The van der Waals surface area contributed by atoms with Crippen molar-refractivity contribution >= 4 is 49.3 Å². The van der Waals surface area contributed by atoms with Gasteiger partial charge in [0.1, 0.15) is 11.7 Å². The van der Waals surface area contributed by atoms with Crippen LogP contribution in [-0.2, 0) is 35.9 Å². The molecule has 0 aromatic heterocycles. The zero-order valence-corrected chi connectivity index (χ0v) is 29.4. The fraction of sp³-hybridized carbons (Fsp3) is 0.382. The standard InChI is InChI=1S/C34H38N2O12S2/c1-33(2)23-15-19(31(39)40)7-9-25(23)35(11-5-13-49(43,44)45)27(33)17-21-29(37)22(30(21)38)18-28-34(3,4)24-16-20(32(41)42)8-10-26(24)36(28)12-6-14-50(46,47)48/h7-10,15-18,21,37H,5-6,11-14H2,1-4H3,(H,39,40)(H,41,42)(H,43,44,45)(H,46,47,48)/b27-17-,28-18+. The second kappa shape index (κ2) is 12.7. The van der Waals surface area contributed by atoms with Crippen molar-refractivity contribution in [2.45, 2.75) is 51.4 Å². The lowest BCUT2D eigenvalue weighted by molar-refractivity contribution is -0.120. The minimum Gasteiger partial charge on any atom is -0.510 e. The van der Waals surface area contributed by atoms with Gasteiger partial charge in [0.05, 0.1) is 28.2 Å². The maximum Gasteiger partial charge on any atom is 0.335 e. The third-order valence-electron chi connectivity index (χ3n) is 9.57. The largest absolute Gasteiger partial charge is 0.510 e. The lowest BCUT2D eigenvalue weighted by atomic mass is 9.75. The van der Waals surface area contributed by atoms with Crippen molar-refractivity contribution in [3.8, 4) is 0 Å². The molecular weight excluding hydrogens is 693 g/mol. The molecular formula is C34H38N2O12S2. The van der Waals surface area contributed by atoms with Crippen LogP contribution < -0.4 is 9.80 Å².